The maximum absolute atomic E-state index is 12.1. The van der Waals surface area contributed by atoms with E-state index in [1.165, 1.54) is 0 Å². The maximum Gasteiger partial charge on any atom is 0.243 e. The highest BCUT2D eigenvalue weighted by molar-refractivity contribution is 5.95. The van der Waals surface area contributed by atoms with Gasteiger partial charge in [-0.1, -0.05) is 13.8 Å². The fourth-order valence-electron chi connectivity index (χ4n) is 3.23. The molecule has 5 heteroatoms. The van der Waals surface area contributed by atoms with Crippen molar-refractivity contribution in [3.8, 4) is 0 Å². The van der Waals surface area contributed by atoms with E-state index < -0.39 is 0 Å². The first-order valence-electron chi connectivity index (χ1n) is 6.82. The van der Waals surface area contributed by atoms with Crippen LogP contribution in [-0.2, 0) is 9.59 Å². The number of carbonyl (C=O) groups excluding carboxylic acids is 2. The lowest BCUT2D eigenvalue weighted by Gasteiger charge is -2.46. The molecular weight excluding hydrogens is 230 g/mol. The number of rotatable bonds is 2. The Bertz CT molecular complexity index is 345. The number of hydrogen-bond acceptors (Lipinski definition) is 3. The highest BCUT2D eigenvalue weighted by Gasteiger charge is 2.40. The van der Waals surface area contributed by atoms with Gasteiger partial charge in [-0.15, -0.1) is 0 Å². The molecule has 0 aliphatic carbocycles. The van der Waals surface area contributed by atoms with Crippen LogP contribution >= 0.6 is 0 Å². The van der Waals surface area contributed by atoms with Gasteiger partial charge in [0.05, 0.1) is 6.54 Å². The summed E-state index contributed by atoms with van der Waals surface area (Å²) in [6, 6.07) is -0.0631. The molecule has 5 nitrogen and oxygen atoms in total. The average Bonchev–Trinajstić information content (AvgIpc) is 2.33. The average molecular weight is 253 g/mol. The van der Waals surface area contributed by atoms with Gasteiger partial charge in [-0.25, -0.2) is 0 Å². The second-order valence-electron chi connectivity index (χ2n) is 5.54. The molecule has 0 aromatic heterocycles. The van der Waals surface area contributed by atoms with Crippen molar-refractivity contribution in [2.75, 3.05) is 26.7 Å². The van der Waals surface area contributed by atoms with Gasteiger partial charge in [0.1, 0.15) is 6.04 Å². The van der Waals surface area contributed by atoms with Crippen molar-refractivity contribution in [2.45, 2.75) is 38.8 Å². The van der Waals surface area contributed by atoms with Crippen molar-refractivity contribution >= 4 is 11.8 Å². The molecule has 102 valence electrons. The molecule has 2 fully saturated rings. The summed E-state index contributed by atoms with van der Waals surface area (Å²) in [6.45, 7) is 6.29. The van der Waals surface area contributed by atoms with Gasteiger partial charge in [0.15, 0.2) is 0 Å². The zero-order valence-electron chi connectivity index (χ0n) is 11.5. The molecule has 2 saturated heterocycles. The standard InChI is InChI=1S/C13H23N3O2/c1-4-10-13(18)14-7-12(17)16(10)11-5-6-15(3)8-9(11)2/h9-11H,4-8H2,1-3H3,(H,14,18). The Balaban J connectivity index is 2.17. The zero-order valence-corrected chi connectivity index (χ0v) is 11.5. The van der Waals surface area contributed by atoms with Crippen molar-refractivity contribution < 1.29 is 9.59 Å². The third-order valence-electron chi connectivity index (χ3n) is 4.15. The molecular formula is C13H23N3O2. The summed E-state index contributed by atoms with van der Waals surface area (Å²) >= 11 is 0. The summed E-state index contributed by atoms with van der Waals surface area (Å²) in [6.07, 6.45) is 1.66. The summed E-state index contributed by atoms with van der Waals surface area (Å²) in [5.74, 6) is 0.499. The second-order valence-corrected chi connectivity index (χ2v) is 5.54. The number of hydrogen-bond donors (Lipinski definition) is 1. The zero-order chi connectivity index (χ0) is 13.3. The lowest BCUT2D eigenvalue weighted by Crippen LogP contribution is -2.64. The fourth-order valence-corrected chi connectivity index (χ4v) is 3.23. The van der Waals surface area contributed by atoms with Crippen LogP contribution in [0.1, 0.15) is 26.7 Å². The molecule has 2 amide bonds. The van der Waals surface area contributed by atoms with Crippen LogP contribution in [-0.4, -0.2) is 60.4 Å². The molecule has 0 aromatic carbocycles. The van der Waals surface area contributed by atoms with Gasteiger partial charge >= 0.3 is 0 Å². The van der Waals surface area contributed by atoms with Gasteiger partial charge in [0.25, 0.3) is 0 Å². The fraction of sp³-hybridized carbons (Fsp3) is 0.846. The minimum absolute atomic E-state index is 0.00299. The Morgan fingerprint density at radius 3 is 2.72 bits per heavy atom. The summed E-state index contributed by atoms with van der Waals surface area (Å²) in [7, 11) is 2.11. The number of amides is 2. The molecule has 2 aliphatic heterocycles. The van der Waals surface area contributed by atoms with Crippen LogP contribution in [0, 0.1) is 5.92 Å². The molecule has 0 bridgehead atoms. The highest BCUT2D eigenvalue weighted by Crippen LogP contribution is 2.25. The second kappa shape index (κ2) is 5.26. The molecule has 3 atom stereocenters. The monoisotopic (exact) mass is 253 g/mol. The summed E-state index contributed by atoms with van der Waals surface area (Å²) in [4.78, 5) is 28.2. The molecule has 3 unspecified atom stereocenters. The minimum Gasteiger partial charge on any atom is -0.345 e. The number of nitrogens with one attached hydrogen (secondary N) is 1. The van der Waals surface area contributed by atoms with Crippen LogP contribution in [0.4, 0.5) is 0 Å². The van der Waals surface area contributed by atoms with Crippen LogP contribution in [0.15, 0.2) is 0 Å². The van der Waals surface area contributed by atoms with Gasteiger partial charge in [-0.2, -0.15) is 0 Å². The summed E-state index contributed by atoms with van der Waals surface area (Å²) in [5, 5.41) is 2.68. The Hall–Kier alpha value is -1.10. The number of likely N-dealkylation sites (tertiary alicyclic amines) is 1. The lowest BCUT2D eigenvalue weighted by atomic mass is 9.90. The van der Waals surface area contributed by atoms with E-state index >= 15 is 0 Å². The van der Waals surface area contributed by atoms with Crippen LogP contribution in [0.3, 0.4) is 0 Å². The van der Waals surface area contributed by atoms with Gasteiger partial charge in [-0.3, -0.25) is 9.59 Å². The van der Waals surface area contributed by atoms with E-state index in [0.717, 1.165) is 19.5 Å². The molecule has 0 radical (unpaired) electrons. The van der Waals surface area contributed by atoms with Crippen molar-refractivity contribution in [3.63, 3.8) is 0 Å². The van der Waals surface area contributed by atoms with Crippen LogP contribution < -0.4 is 5.32 Å². The van der Waals surface area contributed by atoms with E-state index in [1.54, 1.807) is 0 Å². The highest BCUT2D eigenvalue weighted by atomic mass is 16.2. The van der Waals surface area contributed by atoms with Crippen molar-refractivity contribution in [3.05, 3.63) is 0 Å². The van der Waals surface area contributed by atoms with Crippen LogP contribution in [0.2, 0.25) is 0 Å². The van der Waals surface area contributed by atoms with E-state index in [4.69, 9.17) is 0 Å². The Morgan fingerprint density at radius 2 is 2.11 bits per heavy atom. The van der Waals surface area contributed by atoms with Gasteiger partial charge in [0.2, 0.25) is 11.8 Å². The number of piperazine rings is 1. The Labute approximate surface area is 108 Å². The normalized spacial score (nSPS) is 34.6. The number of piperidine rings is 1. The number of carbonyl (C=O) groups is 2. The predicted molar refractivity (Wildman–Crippen MR) is 69.0 cm³/mol. The van der Waals surface area contributed by atoms with Crippen molar-refractivity contribution in [2.24, 2.45) is 5.92 Å². The van der Waals surface area contributed by atoms with Crippen LogP contribution in [0.25, 0.3) is 0 Å². The summed E-state index contributed by atoms with van der Waals surface area (Å²) < 4.78 is 0. The molecule has 2 heterocycles. The van der Waals surface area contributed by atoms with Crippen molar-refractivity contribution in [1.82, 2.24) is 15.1 Å². The lowest BCUT2D eigenvalue weighted by molar-refractivity contribution is -0.151. The molecule has 2 aliphatic rings. The molecule has 1 N–H and O–H groups in total. The topological polar surface area (TPSA) is 52.7 Å². The van der Waals surface area contributed by atoms with Crippen LogP contribution in [0.5, 0.6) is 0 Å². The van der Waals surface area contributed by atoms with Crippen molar-refractivity contribution in [1.29, 1.82) is 0 Å². The Kier molecular flexibility index (Phi) is 3.90. The third kappa shape index (κ3) is 2.36. The SMILES string of the molecule is CCC1C(=O)NCC(=O)N1C1CCN(C)CC1C. The minimum atomic E-state index is -0.276. The first kappa shape index (κ1) is 13.3. The molecule has 18 heavy (non-hydrogen) atoms. The third-order valence-corrected chi connectivity index (χ3v) is 4.15. The van der Waals surface area contributed by atoms with E-state index in [2.05, 4.69) is 24.2 Å². The Morgan fingerprint density at radius 1 is 1.39 bits per heavy atom. The van der Waals surface area contributed by atoms with Gasteiger partial charge < -0.3 is 15.1 Å². The molecule has 0 spiro atoms. The largest absolute Gasteiger partial charge is 0.345 e. The molecule has 0 aromatic rings. The quantitative estimate of drug-likeness (QED) is 0.757. The molecule has 2 rings (SSSR count). The van der Waals surface area contributed by atoms with E-state index in [-0.39, 0.29) is 30.4 Å². The molecule has 0 saturated carbocycles. The van der Waals surface area contributed by atoms with E-state index in [0.29, 0.717) is 12.3 Å². The first-order chi connectivity index (χ1) is 8.54. The van der Waals surface area contributed by atoms with Gasteiger partial charge in [0, 0.05) is 12.6 Å². The van der Waals surface area contributed by atoms with Gasteiger partial charge in [-0.05, 0) is 32.4 Å². The predicted octanol–water partition coefficient (Wildman–Crippen LogP) is 0.0636. The first-order valence-corrected chi connectivity index (χ1v) is 6.82. The summed E-state index contributed by atoms with van der Waals surface area (Å²) in [5.41, 5.74) is 0. The smallest absolute Gasteiger partial charge is 0.243 e. The van der Waals surface area contributed by atoms with E-state index in [9.17, 15) is 9.59 Å². The number of nitrogens with zero attached hydrogens (tertiary/aromatic N) is 2. The van der Waals surface area contributed by atoms with E-state index in [1.807, 2.05) is 11.8 Å². The maximum atomic E-state index is 12.1.